The average molecular weight is 545 g/mol. The van der Waals surface area contributed by atoms with Crippen molar-refractivity contribution in [3.8, 4) is 0 Å². The smallest absolute Gasteiger partial charge is 0.137 e. The summed E-state index contributed by atoms with van der Waals surface area (Å²) in [5, 5.41) is 21.3. The molecule has 31 heavy (non-hydrogen) atoms. The standard InChI is InChI=1S/C18H14F2IN3O.C2H3N3.Na/c1-12(13-2-5-15(21)6-3-13)18(25,9-24-11-22-10-23-24)16-7-4-14(19)8-17(16)20;1-3-2-5-4-1;/h2-8,10-11,25H,1,9H2;1-2H,(H,3,4,5);. The summed E-state index contributed by atoms with van der Waals surface area (Å²) in [7, 11) is 0. The van der Waals surface area contributed by atoms with Crippen LogP contribution < -0.4 is 0 Å². The van der Waals surface area contributed by atoms with Crippen LogP contribution in [0.25, 0.3) is 5.57 Å². The van der Waals surface area contributed by atoms with Gasteiger partial charge in [-0.3, -0.25) is 5.10 Å². The van der Waals surface area contributed by atoms with Crippen LogP contribution in [0.3, 0.4) is 0 Å². The van der Waals surface area contributed by atoms with Gasteiger partial charge in [-0.1, -0.05) is 18.7 Å². The third kappa shape index (κ3) is 6.50. The zero-order valence-corrected chi connectivity index (χ0v) is 20.7. The van der Waals surface area contributed by atoms with Crippen LogP contribution in [-0.4, -0.2) is 64.6 Å². The molecular weight excluding hydrogens is 528 g/mol. The number of nitrogens with zero attached hydrogens (tertiary/aromatic N) is 5. The zero-order valence-electron chi connectivity index (χ0n) is 16.6. The molecule has 1 radical (unpaired) electrons. The molecule has 4 rings (SSSR count). The van der Waals surface area contributed by atoms with Crippen molar-refractivity contribution in [2.45, 2.75) is 12.1 Å². The number of aromatic amines is 1. The van der Waals surface area contributed by atoms with E-state index in [1.807, 2.05) is 12.1 Å². The van der Waals surface area contributed by atoms with E-state index in [2.05, 4.69) is 54.4 Å². The fourth-order valence-electron chi connectivity index (χ4n) is 2.77. The molecule has 0 saturated carbocycles. The maximum Gasteiger partial charge on any atom is 0.137 e. The second kappa shape index (κ2) is 11.6. The first-order chi connectivity index (χ1) is 14.4. The minimum absolute atomic E-state index is 0. The molecule has 0 aliphatic carbocycles. The minimum atomic E-state index is -1.82. The molecule has 0 amide bonds. The van der Waals surface area contributed by atoms with Crippen molar-refractivity contribution in [1.29, 1.82) is 0 Å². The molecule has 2 aromatic carbocycles. The Labute approximate surface area is 213 Å². The molecule has 2 heterocycles. The first kappa shape index (κ1) is 25.3. The monoisotopic (exact) mass is 545 g/mol. The number of H-pyrrole nitrogens is 1. The number of nitrogens with one attached hydrogen (secondary N) is 1. The molecule has 0 saturated heterocycles. The van der Waals surface area contributed by atoms with Crippen molar-refractivity contribution in [3.05, 3.63) is 101 Å². The van der Waals surface area contributed by atoms with E-state index < -0.39 is 17.2 Å². The zero-order chi connectivity index (χ0) is 21.6. The molecule has 155 valence electrons. The molecule has 1 unspecified atom stereocenters. The van der Waals surface area contributed by atoms with E-state index in [1.165, 1.54) is 36.1 Å². The van der Waals surface area contributed by atoms with Crippen LogP contribution in [0.2, 0.25) is 0 Å². The first-order valence-corrected chi connectivity index (χ1v) is 9.72. The predicted octanol–water partition coefficient (Wildman–Crippen LogP) is 3.19. The van der Waals surface area contributed by atoms with Crippen LogP contribution in [0.1, 0.15) is 11.1 Å². The van der Waals surface area contributed by atoms with E-state index in [4.69, 9.17) is 0 Å². The van der Waals surface area contributed by atoms with Gasteiger partial charge in [0.2, 0.25) is 0 Å². The van der Waals surface area contributed by atoms with Gasteiger partial charge >= 0.3 is 0 Å². The molecule has 0 aliphatic heterocycles. The van der Waals surface area contributed by atoms with E-state index in [0.717, 1.165) is 15.7 Å². The summed E-state index contributed by atoms with van der Waals surface area (Å²) in [5.74, 6) is -1.57. The van der Waals surface area contributed by atoms with Crippen molar-refractivity contribution < 1.29 is 13.9 Å². The number of hydrogen-bond donors (Lipinski definition) is 2. The Bertz CT molecular complexity index is 1080. The van der Waals surface area contributed by atoms with Gasteiger partial charge in [0, 0.05) is 44.8 Å². The van der Waals surface area contributed by atoms with Gasteiger partial charge in [-0.25, -0.2) is 23.4 Å². The Hall–Kier alpha value is -1.99. The normalized spacial score (nSPS) is 12.1. The minimum Gasteiger partial charge on any atom is -0.378 e. The summed E-state index contributed by atoms with van der Waals surface area (Å²) in [6.07, 6.45) is 5.68. The quantitative estimate of drug-likeness (QED) is 0.297. The van der Waals surface area contributed by atoms with Crippen molar-refractivity contribution in [3.63, 3.8) is 0 Å². The molecule has 4 aromatic rings. The van der Waals surface area contributed by atoms with Gasteiger partial charge in [0.15, 0.2) is 0 Å². The molecule has 0 aliphatic rings. The first-order valence-electron chi connectivity index (χ1n) is 8.64. The van der Waals surface area contributed by atoms with E-state index in [-0.39, 0.29) is 47.2 Å². The van der Waals surface area contributed by atoms with E-state index in [1.54, 1.807) is 12.1 Å². The molecule has 0 fully saturated rings. The maximum absolute atomic E-state index is 14.4. The number of benzene rings is 2. The molecule has 11 heteroatoms. The van der Waals surface area contributed by atoms with Gasteiger partial charge in [0.25, 0.3) is 0 Å². The number of aliphatic hydroxyl groups is 1. The third-order valence-electron chi connectivity index (χ3n) is 4.26. The molecule has 7 nitrogen and oxygen atoms in total. The second-order valence-electron chi connectivity index (χ2n) is 6.21. The fourth-order valence-corrected chi connectivity index (χ4v) is 3.13. The van der Waals surface area contributed by atoms with Gasteiger partial charge in [0.1, 0.15) is 42.5 Å². The van der Waals surface area contributed by atoms with Crippen LogP contribution in [0.4, 0.5) is 8.78 Å². The van der Waals surface area contributed by atoms with Crippen LogP contribution in [0.5, 0.6) is 0 Å². The molecule has 2 aromatic heterocycles. The van der Waals surface area contributed by atoms with Gasteiger partial charge in [-0.05, 0) is 58.0 Å². The number of rotatable bonds is 5. The fraction of sp³-hybridized carbons (Fsp3) is 0.100. The number of aromatic nitrogens is 6. The van der Waals surface area contributed by atoms with Crippen molar-refractivity contribution in [2.75, 3.05) is 0 Å². The van der Waals surface area contributed by atoms with Crippen LogP contribution in [0, 0.1) is 15.2 Å². The third-order valence-corrected chi connectivity index (χ3v) is 4.98. The Balaban J connectivity index is 0.000000501. The van der Waals surface area contributed by atoms with Gasteiger partial charge in [-0.2, -0.15) is 10.2 Å². The van der Waals surface area contributed by atoms with Crippen molar-refractivity contribution in [1.82, 2.24) is 29.9 Å². The van der Waals surface area contributed by atoms with Crippen LogP contribution in [0.15, 0.2) is 74.4 Å². The summed E-state index contributed by atoms with van der Waals surface area (Å²) in [6.45, 7) is 3.86. The summed E-state index contributed by atoms with van der Waals surface area (Å²) < 4.78 is 30.1. The summed E-state index contributed by atoms with van der Waals surface area (Å²) >= 11 is 2.16. The maximum atomic E-state index is 14.4. The average Bonchev–Trinajstić information content (AvgIpc) is 3.45. The molecule has 1 atom stereocenters. The van der Waals surface area contributed by atoms with Crippen LogP contribution >= 0.6 is 22.6 Å². The van der Waals surface area contributed by atoms with E-state index in [0.29, 0.717) is 5.56 Å². The Morgan fingerprint density at radius 2 is 1.87 bits per heavy atom. The largest absolute Gasteiger partial charge is 0.378 e. The number of hydrogen-bond acceptors (Lipinski definition) is 5. The van der Waals surface area contributed by atoms with Gasteiger partial charge < -0.3 is 5.11 Å². The summed E-state index contributed by atoms with van der Waals surface area (Å²) in [4.78, 5) is 7.39. The Kier molecular flexibility index (Phi) is 9.44. The molecule has 0 spiro atoms. The number of halogens is 3. The molecule has 0 bridgehead atoms. The van der Waals surface area contributed by atoms with Crippen LogP contribution in [-0.2, 0) is 12.1 Å². The Morgan fingerprint density at radius 1 is 1.13 bits per heavy atom. The predicted molar refractivity (Wildman–Crippen MR) is 121 cm³/mol. The van der Waals surface area contributed by atoms with E-state index in [9.17, 15) is 13.9 Å². The Morgan fingerprint density at radius 3 is 2.39 bits per heavy atom. The SMILES string of the molecule is C=C(c1ccc(I)cc1)C(O)(Cn1cncn1)c1ccc(F)cc1F.[Na].c1nc[nH]n1. The van der Waals surface area contributed by atoms with Crippen molar-refractivity contribution >= 4 is 57.7 Å². The van der Waals surface area contributed by atoms with Crippen molar-refractivity contribution in [2.24, 2.45) is 0 Å². The summed E-state index contributed by atoms with van der Waals surface area (Å²) in [6, 6.07) is 10.4. The second-order valence-corrected chi connectivity index (χ2v) is 7.46. The topological polar surface area (TPSA) is 92.5 Å². The van der Waals surface area contributed by atoms with Gasteiger partial charge in [-0.15, -0.1) is 0 Å². The summed E-state index contributed by atoms with van der Waals surface area (Å²) in [5.41, 5.74) is -0.970. The molecule has 2 N–H and O–H groups in total. The molecular formula is C20H17F2IN6NaO. The van der Waals surface area contributed by atoms with E-state index >= 15 is 0 Å². The van der Waals surface area contributed by atoms with Gasteiger partial charge in [0.05, 0.1) is 6.54 Å².